The Morgan fingerprint density at radius 1 is 1.42 bits per heavy atom. The van der Waals surface area contributed by atoms with Gasteiger partial charge >= 0.3 is 0 Å². The van der Waals surface area contributed by atoms with Crippen LogP contribution in [0, 0.1) is 0 Å². The van der Waals surface area contributed by atoms with Crippen molar-refractivity contribution in [2.75, 3.05) is 40.3 Å². The molecular formula is C14H20BrN3O. The maximum atomic E-state index is 12.1. The highest BCUT2D eigenvalue weighted by molar-refractivity contribution is 9.10. The third-order valence-electron chi connectivity index (χ3n) is 3.57. The first-order chi connectivity index (χ1) is 9.06. The van der Waals surface area contributed by atoms with Gasteiger partial charge < -0.3 is 10.2 Å². The lowest BCUT2D eigenvalue weighted by atomic mass is 10.1. The van der Waals surface area contributed by atoms with Crippen molar-refractivity contribution in [2.24, 2.45) is 0 Å². The van der Waals surface area contributed by atoms with Crippen LogP contribution in [0.1, 0.15) is 10.4 Å². The molecule has 1 amide bonds. The summed E-state index contributed by atoms with van der Waals surface area (Å²) in [6.07, 6.45) is 0. The van der Waals surface area contributed by atoms with Gasteiger partial charge in [-0.05, 0) is 32.3 Å². The summed E-state index contributed by atoms with van der Waals surface area (Å²) in [5, 5.41) is 3.02. The lowest BCUT2D eigenvalue weighted by molar-refractivity contribution is 0.0881. The molecule has 1 aromatic rings. The van der Waals surface area contributed by atoms with Crippen LogP contribution in [-0.2, 0) is 0 Å². The van der Waals surface area contributed by atoms with Crippen LogP contribution in [0.15, 0.2) is 28.7 Å². The summed E-state index contributed by atoms with van der Waals surface area (Å²) in [5.41, 5.74) is 0.696. The molecule has 1 saturated heterocycles. The highest BCUT2D eigenvalue weighted by atomic mass is 79.9. The van der Waals surface area contributed by atoms with E-state index >= 15 is 0 Å². The molecule has 0 aliphatic carbocycles. The molecule has 104 valence electrons. The summed E-state index contributed by atoms with van der Waals surface area (Å²) in [7, 11) is 4.24. The Hall–Kier alpha value is -0.910. The minimum Gasteiger partial charge on any atom is -0.350 e. The number of carbonyl (C=O) groups is 1. The van der Waals surface area contributed by atoms with Gasteiger partial charge in [0, 0.05) is 42.3 Å². The molecule has 19 heavy (non-hydrogen) atoms. The van der Waals surface area contributed by atoms with Crippen LogP contribution in [0.5, 0.6) is 0 Å². The van der Waals surface area contributed by atoms with Crippen molar-refractivity contribution in [2.45, 2.75) is 6.04 Å². The molecule has 0 aromatic heterocycles. The molecule has 1 aliphatic heterocycles. The van der Waals surface area contributed by atoms with Crippen molar-refractivity contribution in [1.82, 2.24) is 15.1 Å². The lowest BCUT2D eigenvalue weighted by Crippen LogP contribution is -2.54. The Kier molecular flexibility index (Phi) is 4.96. The molecule has 5 heteroatoms. The predicted molar refractivity (Wildman–Crippen MR) is 80.4 cm³/mol. The second-order valence-corrected chi connectivity index (χ2v) is 6.03. The highest BCUT2D eigenvalue weighted by Crippen LogP contribution is 2.11. The smallest absolute Gasteiger partial charge is 0.251 e. The topological polar surface area (TPSA) is 35.6 Å². The van der Waals surface area contributed by atoms with Gasteiger partial charge in [-0.3, -0.25) is 9.69 Å². The number of nitrogens with zero attached hydrogens (tertiary/aromatic N) is 2. The van der Waals surface area contributed by atoms with E-state index in [1.807, 2.05) is 24.3 Å². The largest absolute Gasteiger partial charge is 0.350 e. The van der Waals surface area contributed by atoms with Crippen LogP contribution in [-0.4, -0.2) is 62.0 Å². The Morgan fingerprint density at radius 3 is 2.95 bits per heavy atom. The summed E-state index contributed by atoms with van der Waals surface area (Å²) < 4.78 is 0.926. The second-order valence-electron chi connectivity index (χ2n) is 5.12. The monoisotopic (exact) mass is 325 g/mol. The lowest BCUT2D eigenvalue weighted by Gasteiger charge is -2.37. The molecule has 1 aromatic carbocycles. The minimum absolute atomic E-state index is 0.0112. The van der Waals surface area contributed by atoms with Gasteiger partial charge in [-0.25, -0.2) is 0 Å². The minimum atomic E-state index is -0.0112. The Labute approximate surface area is 122 Å². The number of carbonyl (C=O) groups excluding carboxylic acids is 1. The van der Waals surface area contributed by atoms with E-state index in [1.54, 1.807) is 0 Å². The van der Waals surface area contributed by atoms with Gasteiger partial charge in [0.15, 0.2) is 0 Å². The molecule has 1 N–H and O–H groups in total. The zero-order valence-corrected chi connectivity index (χ0v) is 13.0. The number of benzene rings is 1. The first kappa shape index (κ1) is 14.5. The van der Waals surface area contributed by atoms with Crippen molar-refractivity contribution in [3.8, 4) is 0 Å². The van der Waals surface area contributed by atoms with Gasteiger partial charge in [-0.2, -0.15) is 0 Å². The number of hydrogen-bond donors (Lipinski definition) is 1. The number of nitrogens with one attached hydrogen (secondary N) is 1. The van der Waals surface area contributed by atoms with Crippen molar-refractivity contribution < 1.29 is 4.79 Å². The van der Waals surface area contributed by atoms with Crippen LogP contribution in [0.25, 0.3) is 0 Å². The maximum Gasteiger partial charge on any atom is 0.251 e. The van der Waals surface area contributed by atoms with Crippen LogP contribution >= 0.6 is 15.9 Å². The quantitative estimate of drug-likeness (QED) is 0.913. The van der Waals surface area contributed by atoms with Crippen molar-refractivity contribution in [3.63, 3.8) is 0 Å². The first-order valence-electron chi connectivity index (χ1n) is 6.49. The van der Waals surface area contributed by atoms with E-state index in [4.69, 9.17) is 0 Å². The van der Waals surface area contributed by atoms with E-state index in [1.165, 1.54) is 0 Å². The first-order valence-corrected chi connectivity index (χ1v) is 7.28. The Morgan fingerprint density at radius 2 is 2.21 bits per heavy atom. The van der Waals surface area contributed by atoms with Gasteiger partial charge in [0.05, 0.1) is 0 Å². The summed E-state index contributed by atoms with van der Waals surface area (Å²) in [4.78, 5) is 16.7. The fourth-order valence-electron chi connectivity index (χ4n) is 2.26. The van der Waals surface area contributed by atoms with Crippen molar-refractivity contribution >= 4 is 21.8 Å². The summed E-state index contributed by atoms with van der Waals surface area (Å²) in [5.74, 6) is -0.0112. The van der Waals surface area contributed by atoms with Crippen LogP contribution in [0.3, 0.4) is 0 Å². The average Bonchev–Trinajstić information content (AvgIpc) is 2.39. The zero-order chi connectivity index (χ0) is 13.8. The highest BCUT2D eigenvalue weighted by Gasteiger charge is 2.22. The molecule has 0 spiro atoms. The molecule has 4 nitrogen and oxygen atoms in total. The van der Waals surface area contributed by atoms with Gasteiger partial charge in [0.25, 0.3) is 5.91 Å². The number of halogens is 1. The standard InChI is InChI=1S/C14H20BrN3O/c1-17-6-7-18(2)13(10-17)9-16-14(19)11-4-3-5-12(15)8-11/h3-5,8,13H,6-7,9-10H2,1-2H3,(H,16,19). The molecule has 1 unspecified atom stereocenters. The molecule has 2 rings (SSSR count). The van der Waals surface area contributed by atoms with Crippen LogP contribution < -0.4 is 5.32 Å². The third kappa shape index (κ3) is 4.03. The van der Waals surface area contributed by atoms with Gasteiger partial charge in [-0.1, -0.05) is 22.0 Å². The number of hydrogen-bond acceptors (Lipinski definition) is 3. The molecule has 1 aliphatic rings. The second kappa shape index (κ2) is 6.50. The Bertz CT molecular complexity index is 452. The molecule has 0 saturated carbocycles. The van der Waals surface area contributed by atoms with Crippen LogP contribution in [0.2, 0.25) is 0 Å². The number of piperazine rings is 1. The van der Waals surface area contributed by atoms with E-state index < -0.39 is 0 Å². The van der Waals surface area contributed by atoms with E-state index in [0.717, 1.165) is 24.1 Å². The average molecular weight is 326 g/mol. The fraction of sp³-hybridized carbons (Fsp3) is 0.500. The van der Waals surface area contributed by atoms with E-state index in [2.05, 4.69) is 45.1 Å². The molecule has 1 fully saturated rings. The van der Waals surface area contributed by atoms with Gasteiger partial charge in [0.1, 0.15) is 0 Å². The van der Waals surface area contributed by atoms with E-state index in [9.17, 15) is 4.79 Å². The molecule has 0 bridgehead atoms. The summed E-state index contributed by atoms with van der Waals surface area (Å²) in [6, 6.07) is 7.85. The number of rotatable bonds is 3. The number of likely N-dealkylation sites (N-methyl/N-ethyl adjacent to an activating group) is 2. The normalized spacial score (nSPS) is 21.3. The Balaban J connectivity index is 1.89. The molecule has 1 atom stereocenters. The summed E-state index contributed by atoms with van der Waals surface area (Å²) >= 11 is 3.38. The van der Waals surface area contributed by atoms with E-state index in [0.29, 0.717) is 18.2 Å². The zero-order valence-electron chi connectivity index (χ0n) is 11.4. The molecule has 0 radical (unpaired) electrons. The van der Waals surface area contributed by atoms with Gasteiger partial charge in [0.2, 0.25) is 0 Å². The third-order valence-corrected chi connectivity index (χ3v) is 4.06. The SMILES string of the molecule is CN1CCN(C)C(CNC(=O)c2cccc(Br)c2)C1. The number of amides is 1. The fourth-order valence-corrected chi connectivity index (χ4v) is 2.66. The summed E-state index contributed by atoms with van der Waals surface area (Å²) in [6.45, 7) is 3.82. The van der Waals surface area contributed by atoms with Crippen molar-refractivity contribution in [3.05, 3.63) is 34.3 Å². The van der Waals surface area contributed by atoms with Crippen LogP contribution in [0.4, 0.5) is 0 Å². The van der Waals surface area contributed by atoms with Crippen molar-refractivity contribution in [1.29, 1.82) is 0 Å². The molecular weight excluding hydrogens is 306 g/mol. The predicted octanol–water partition coefficient (Wildman–Crippen LogP) is 1.42. The molecule has 1 heterocycles. The van der Waals surface area contributed by atoms with E-state index in [-0.39, 0.29) is 5.91 Å². The maximum absolute atomic E-state index is 12.1. The van der Waals surface area contributed by atoms with Gasteiger partial charge in [-0.15, -0.1) is 0 Å².